The van der Waals surface area contributed by atoms with Crippen molar-refractivity contribution in [3.8, 4) is 17.3 Å². The normalized spacial score (nSPS) is 10.5. The maximum atomic E-state index is 11.6. The highest BCUT2D eigenvalue weighted by atomic mass is 16.4. The molecule has 0 aliphatic heterocycles. The van der Waals surface area contributed by atoms with Gasteiger partial charge in [0, 0.05) is 12.5 Å². The Balaban J connectivity index is 2.41. The van der Waals surface area contributed by atoms with Gasteiger partial charge in [-0.1, -0.05) is 6.07 Å². The molecule has 0 aliphatic carbocycles. The maximum absolute atomic E-state index is 11.6. The quantitative estimate of drug-likeness (QED) is 0.645. The molecule has 0 aliphatic rings. The van der Waals surface area contributed by atoms with Gasteiger partial charge in [-0.3, -0.25) is 14.7 Å². The van der Waals surface area contributed by atoms with E-state index in [4.69, 9.17) is 5.11 Å². The molecule has 7 nitrogen and oxygen atoms in total. The van der Waals surface area contributed by atoms with E-state index in [1.165, 1.54) is 12.1 Å². The number of carboxylic acid groups (broad SMARTS) is 1. The fourth-order valence-corrected chi connectivity index (χ4v) is 1.73. The topological polar surface area (TPSA) is 116 Å². The Morgan fingerprint density at radius 2 is 2.05 bits per heavy atom. The van der Waals surface area contributed by atoms with Crippen molar-refractivity contribution in [3.63, 3.8) is 0 Å². The Morgan fingerprint density at radius 3 is 2.68 bits per heavy atom. The zero-order valence-corrected chi connectivity index (χ0v) is 9.83. The largest absolute Gasteiger partial charge is 0.508 e. The molecule has 0 radical (unpaired) electrons. The third-order valence-corrected chi connectivity index (χ3v) is 2.65. The monoisotopic (exact) mass is 264 g/mol. The summed E-state index contributed by atoms with van der Waals surface area (Å²) in [6.45, 7) is 0. The number of aliphatic carboxylic acids is 1. The lowest BCUT2D eigenvalue weighted by Crippen LogP contribution is -2.09. The summed E-state index contributed by atoms with van der Waals surface area (Å²) in [4.78, 5) is 22.1. The van der Waals surface area contributed by atoms with Crippen molar-refractivity contribution in [2.75, 3.05) is 0 Å². The lowest BCUT2D eigenvalue weighted by atomic mass is 10.2. The van der Waals surface area contributed by atoms with Crippen LogP contribution in [0.5, 0.6) is 11.6 Å². The van der Waals surface area contributed by atoms with Crippen LogP contribution >= 0.6 is 0 Å². The van der Waals surface area contributed by atoms with Gasteiger partial charge >= 0.3 is 5.97 Å². The van der Waals surface area contributed by atoms with Crippen molar-refractivity contribution in [2.45, 2.75) is 12.8 Å². The first kappa shape index (κ1) is 12.7. The Kier molecular flexibility index (Phi) is 3.28. The molecule has 7 heteroatoms. The van der Waals surface area contributed by atoms with E-state index >= 15 is 0 Å². The van der Waals surface area contributed by atoms with Gasteiger partial charge in [-0.2, -0.15) is 0 Å². The van der Waals surface area contributed by atoms with Crippen LogP contribution in [0.3, 0.4) is 0 Å². The third kappa shape index (κ3) is 2.59. The number of carboxylic acids is 1. The molecule has 1 aromatic carbocycles. The Morgan fingerprint density at radius 1 is 1.32 bits per heavy atom. The van der Waals surface area contributed by atoms with Gasteiger partial charge in [-0.15, -0.1) is 0 Å². The summed E-state index contributed by atoms with van der Waals surface area (Å²) in [7, 11) is 0. The average molecular weight is 264 g/mol. The molecule has 2 rings (SSSR count). The predicted molar refractivity (Wildman–Crippen MR) is 65.7 cm³/mol. The SMILES string of the molecule is O=C(O)CCc1c(O)n(-c2cccc(O)c2)[nH]c1=O. The van der Waals surface area contributed by atoms with Crippen LogP contribution in [0, 0.1) is 0 Å². The number of carbonyl (C=O) groups is 1. The van der Waals surface area contributed by atoms with Crippen molar-refractivity contribution < 1.29 is 20.1 Å². The van der Waals surface area contributed by atoms with Gasteiger partial charge in [0.2, 0.25) is 5.88 Å². The Hall–Kier alpha value is -2.70. The summed E-state index contributed by atoms with van der Waals surface area (Å²) in [6.07, 6.45) is -0.316. The molecule has 100 valence electrons. The van der Waals surface area contributed by atoms with E-state index in [0.717, 1.165) is 4.68 Å². The number of benzene rings is 1. The highest BCUT2D eigenvalue weighted by Gasteiger charge is 2.16. The van der Waals surface area contributed by atoms with Crippen molar-refractivity contribution in [1.82, 2.24) is 9.78 Å². The van der Waals surface area contributed by atoms with E-state index in [9.17, 15) is 19.8 Å². The van der Waals surface area contributed by atoms with Crippen molar-refractivity contribution in [3.05, 3.63) is 40.2 Å². The van der Waals surface area contributed by atoms with Gasteiger partial charge in [0.25, 0.3) is 5.56 Å². The number of rotatable bonds is 4. The number of nitrogens with zero attached hydrogens (tertiary/aromatic N) is 1. The first-order chi connectivity index (χ1) is 8.99. The zero-order valence-electron chi connectivity index (χ0n) is 9.83. The summed E-state index contributed by atoms with van der Waals surface area (Å²) < 4.78 is 1.10. The minimum atomic E-state index is -1.05. The van der Waals surface area contributed by atoms with Crippen molar-refractivity contribution in [2.24, 2.45) is 0 Å². The molecule has 1 heterocycles. The Bertz CT molecular complexity index is 671. The van der Waals surface area contributed by atoms with Gasteiger partial charge in [0.1, 0.15) is 5.75 Å². The number of H-pyrrole nitrogens is 1. The minimum absolute atomic E-state index is 0.00532. The molecule has 0 bridgehead atoms. The minimum Gasteiger partial charge on any atom is -0.508 e. The number of aromatic nitrogens is 2. The van der Waals surface area contributed by atoms with Crippen LogP contribution in [0.25, 0.3) is 5.69 Å². The van der Waals surface area contributed by atoms with Gasteiger partial charge in [0.15, 0.2) is 0 Å². The summed E-state index contributed by atoms with van der Waals surface area (Å²) in [5.74, 6) is -1.42. The van der Waals surface area contributed by atoms with Gasteiger partial charge < -0.3 is 15.3 Å². The number of nitrogens with one attached hydrogen (secondary N) is 1. The molecular weight excluding hydrogens is 252 g/mol. The standard InChI is InChI=1S/C12H12N2O5/c15-8-3-1-2-7(6-8)14-12(19)9(11(18)13-14)4-5-10(16)17/h1-3,6,15,19H,4-5H2,(H,13,18)(H,16,17). The van der Waals surface area contributed by atoms with Gasteiger partial charge in [0.05, 0.1) is 11.3 Å². The second kappa shape index (κ2) is 4.89. The van der Waals surface area contributed by atoms with E-state index < -0.39 is 11.5 Å². The first-order valence-electron chi connectivity index (χ1n) is 5.53. The second-order valence-corrected chi connectivity index (χ2v) is 3.99. The number of hydrogen-bond acceptors (Lipinski definition) is 4. The summed E-state index contributed by atoms with van der Waals surface area (Å²) in [6, 6.07) is 5.94. The van der Waals surface area contributed by atoms with E-state index in [0.29, 0.717) is 5.69 Å². The fourth-order valence-electron chi connectivity index (χ4n) is 1.73. The predicted octanol–water partition coefficient (Wildman–Crippen LogP) is 0.594. The fraction of sp³-hybridized carbons (Fsp3) is 0.167. The molecule has 1 aromatic heterocycles. The van der Waals surface area contributed by atoms with Crippen LogP contribution in [-0.2, 0) is 11.2 Å². The molecular formula is C12H12N2O5. The lowest BCUT2D eigenvalue weighted by Gasteiger charge is -2.04. The molecule has 0 spiro atoms. The number of aromatic amines is 1. The van der Waals surface area contributed by atoms with Gasteiger partial charge in [-0.05, 0) is 18.6 Å². The lowest BCUT2D eigenvalue weighted by molar-refractivity contribution is -0.136. The molecule has 4 N–H and O–H groups in total. The van der Waals surface area contributed by atoms with E-state index in [1.54, 1.807) is 12.1 Å². The highest BCUT2D eigenvalue weighted by molar-refractivity contribution is 5.67. The van der Waals surface area contributed by atoms with Crippen LogP contribution in [0.2, 0.25) is 0 Å². The van der Waals surface area contributed by atoms with Crippen LogP contribution in [0.4, 0.5) is 0 Å². The van der Waals surface area contributed by atoms with Crippen molar-refractivity contribution >= 4 is 5.97 Å². The van der Waals surface area contributed by atoms with Gasteiger partial charge in [-0.25, -0.2) is 4.68 Å². The molecule has 0 fully saturated rings. The molecule has 19 heavy (non-hydrogen) atoms. The molecule has 0 unspecified atom stereocenters. The smallest absolute Gasteiger partial charge is 0.303 e. The summed E-state index contributed by atoms with van der Waals surface area (Å²) in [5, 5.41) is 30.2. The number of phenolic OH excluding ortho intramolecular Hbond substituents is 1. The van der Waals surface area contributed by atoms with Crippen LogP contribution in [0.15, 0.2) is 29.1 Å². The molecule has 2 aromatic rings. The first-order valence-corrected chi connectivity index (χ1v) is 5.53. The highest BCUT2D eigenvalue weighted by Crippen LogP contribution is 2.21. The van der Waals surface area contributed by atoms with Crippen LogP contribution < -0.4 is 5.56 Å². The average Bonchev–Trinajstić information content (AvgIpc) is 2.62. The number of phenols is 1. The van der Waals surface area contributed by atoms with E-state index in [1.807, 2.05) is 0 Å². The number of aromatic hydroxyl groups is 2. The molecule has 0 amide bonds. The zero-order chi connectivity index (χ0) is 14.0. The Labute approximate surface area is 107 Å². The molecule has 0 saturated carbocycles. The summed E-state index contributed by atoms with van der Waals surface area (Å²) in [5.41, 5.74) is -0.177. The summed E-state index contributed by atoms with van der Waals surface area (Å²) >= 11 is 0. The number of hydrogen-bond donors (Lipinski definition) is 4. The van der Waals surface area contributed by atoms with E-state index in [2.05, 4.69) is 5.10 Å². The maximum Gasteiger partial charge on any atom is 0.303 e. The molecule has 0 atom stereocenters. The third-order valence-electron chi connectivity index (χ3n) is 2.65. The van der Waals surface area contributed by atoms with E-state index in [-0.39, 0.29) is 30.0 Å². The molecule has 0 saturated heterocycles. The van der Waals surface area contributed by atoms with Crippen molar-refractivity contribution in [1.29, 1.82) is 0 Å². The van der Waals surface area contributed by atoms with Crippen LogP contribution in [-0.4, -0.2) is 31.1 Å². The second-order valence-electron chi connectivity index (χ2n) is 3.99. The van der Waals surface area contributed by atoms with Crippen LogP contribution in [0.1, 0.15) is 12.0 Å².